The van der Waals surface area contributed by atoms with Crippen molar-refractivity contribution in [1.82, 2.24) is 19.8 Å². The molecule has 0 amide bonds. The fourth-order valence-electron chi connectivity index (χ4n) is 4.94. The van der Waals surface area contributed by atoms with Gasteiger partial charge in [-0.1, -0.05) is 37.5 Å². The van der Waals surface area contributed by atoms with Crippen molar-refractivity contribution >= 4 is 17.3 Å². The van der Waals surface area contributed by atoms with E-state index in [1.807, 2.05) is 53.4 Å². The Balaban J connectivity index is 1.62. The molecule has 2 aliphatic rings. The number of para-hydroxylation sites is 1. The van der Waals surface area contributed by atoms with Gasteiger partial charge in [-0.15, -0.1) is 0 Å². The molecule has 3 heterocycles. The summed E-state index contributed by atoms with van der Waals surface area (Å²) in [5.41, 5.74) is 2.52. The zero-order valence-corrected chi connectivity index (χ0v) is 17.6. The summed E-state index contributed by atoms with van der Waals surface area (Å²) in [6, 6.07) is 17.2. The summed E-state index contributed by atoms with van der Waals surface area (Å²) in [6.07, 6.45) is 9.74. The molecule has 4 nitrogen and oxygen atoms in total. The fourth-order valence-corrected chi connectivity index (χ4v) is 5.33. The van der Waals surface area contributed by atoms with Crippen LogP contribution in [0.1, 0.15) is 55.6 Å². The average Bonchev–Trinajstić information content (AvgIpc) is 3.39. The first kappa shape index (κ1) is 19.2. The molecule has 2 atom stereocenters. The van der Waals surface area contributed by atoms with E-state index in [1.54, 1.807) is 6.07 Å². The highest BCUT2D eigenvalue weighted by Gasteiger charge is 2.44. The maximum absolute atomic E-state index is 14.7. The molecule has 1 N–H and O–H groups in total. The number of aromatic nitrogens is 2. The van der Waals surface area contributed by atoms with Crippen LogP contribution in [0.4, 0.5) is 4.39 Å². The molecule has 30 heavy (non-hydrogen) atoms. The Bertz CT molecular complexity index is 1030. The lowest BCUT2D eigenvalue weighted by Crippen LogP contribution is -2.40. The average molecular weight is 421 g/mol. The van der Waals surface area contributed by atoms with Crippen LogP contribution < -0.4 is 5.32 Å². The van der Waals surface area contributed by atoms with Gasteiger partial charge in [0.2, 0.25) is 0 Å². The van der Waals surface area contributed by atoms with Gasteiger partial charge in [-0.25, -0.2) is 4.39 Å². The number of benzene rings is 1. The normalized spacial score (nSPS) is 22.3. The van der Waals surface area contributed by atoms with Crippen molar-refractivity contribution < 1.29 is 4.39 Å². The van der Waals surface area contributed by atoms with E-state index >= 15 is 0 Å². The number of halogens is 1. The van der Waals surface area contributed by atoms with E-state index in [-0.39, 0.29) is 17.9 Å². The molecule has 3 aromatic rings. The number of thiocarbonyl (C=S) groups is 1. The van der Waals surface area contributed by atoms with E-state index in [4.69, 9.17) is 12.2 Å². The molecule has 154 valence electrons. The van der Waals surface area contributed by atoms with Crippen molar-refractivity contribution in [2.75, 3.05) is 0 Å². The molecule has 1 aromatic carbocycles. The minimum absolute atomic E-state index is 0.0508. The van der Waals surface area contributed by atoms with Crippen LogP contribution in [-0.4, -0.2) is 25.6 Å². The van der Waals surface area contributed by atoms with Gasteiger partial charge in [0.1, 0.15) is 5.82 Å². The lowest BCUT2D eigenvalue weighted by atomic mass is 9.92. The molecule has 1 saturated heterocycles. The van der Waals surface area contributed by atoms with Crippen LogP contribution in [0.15, 0.2) is 67.0 Å². The maximum Gasteiger partial charge on any atom is 0.170 e. The molecular weight excluding hydrogens is 395 g/mol. The van der Waals surface area contributed by atoms with Gasteiger partial charge in [-0.3, -0.25) is 4.98 Å². The van der Waals surface area contributed by atoms with Gasteiger partial charge in [-0.2, -0.15) is 0 Å². The molecule has 2 aromatic heterocycles. The number of pyridine rings is 1. The van der Waals surface area contributed by atoms with E-state index in [1.165, 1.54) is 25.3 Å². The summed E-state index contributed by atoms with van der Waals surface area (Å²) in [6.45, 7) is 0. The summed E-state index contributed by atoms with van der Waals surface area (Å²) in [5, 5.41) is 4.30. The third-order valence-corrected chi connectivity index (χ3v) is 6.63. The summed E-state index contributed by atoms with van der Waals surface area (Å²) < 4.78 is 16.6. The summed E-state index contributed by atoms with van der Waals surface area (Å²) in [5.74, 6) is -0.234. The van der Waals surface area contributed by atoms with Crippen LogP contribution in [-0.2, 0) is 0 Å². The molecule has 0 radical (unpaired) electrons. The number of rotatable bonds is 4. The smallest absolute Gasteiger partial charge is 0.170 e. The molecule has 1 aliphatic heterocycles. The van der Waals surface area contributed by atoms with Crippen LogP contribution in [0.5, 0.6) is 0 Å². The zero-order valence-electron chi connectivity index (χ0n) is 16.7. The Morgan fingerprint density at radius 3 is 2.53 bits per heavy atom. The number of hydrogen-bond acceptors (Lipinski definition) is 2. The first-order valence-corrected chi connectivity index (χ1v) is 11.1. The first-order valence-electron chi connectivity index (χ1n) is 10.7. The quantitative estimate of drug-likeness (QED) is 0.580. The van der Waals surface area contributed by atoms with Gasteiger partial charge in [0.05, 0.1) is 23.5 Å². The monoisotopic (exact) mass is 420 g/mol. The van der Waals surface area contributed by atoms with E-state index in [0.717, 1.165) is 29.3 Å². The van der Waals surface area contributed by atoms with Gasteiger partial charge in [0, 0.05) is 24.1 Å². The van der Waals surface area contributed by atoms with Crippen LogP contribution in [0, 0.1) is 5.82 Å². The van der Waals surface area contributed by atoms with Gasteiger partial charge in [-0.05, 0) is 61.5 Å². The molecule has 1 aliphatic carbocycles. The van der Waals surface area contributed by atoms with Crippen molar-refractivity contribution in [3.63, 3.8) is 0 Å². The predicted octanol–water partition coefficient (Wildman–Crippen LogP) is 5.32. The second kappa shape index (κ2) is 8.19. The van der Waals surface area contributed by atoms with Crippen LogP contribution >= 0.6 is 12.2 Å². The molecule has 0 spiro atoms. The number of hydrogen-bond donors (Lipinski definition) is 1. The van der Waals surface area contributed by atoms with Crippen LogP contribution in [0.2, 0.25) is 0 Å². The number of nitrogens with one attached hydrogen (secondary N) is 1. The predicted molar refractivity (Wildman–Crippen MR) is 120 cm³/mol. The Labute approximate surface area is 181 Å². The third-order valence-electron chi connectivity index (χ3n) is 6.30. The molecule has 0 bridgehead atoms. The third kappa shape index (κ3) is 3.39. The second-order valence-corrected chi connectivity index (χ2v) is 8.47. The summed E-state index contributed by atoms with van der Waals surface area (Å²) in [4.78, 5) is 6.98. The second-order valence-electron chi connectivity index (χ2n) is 8.08. The van der Waals surface area contributed by atoms with Gasteiger partial charge >= 0.3 is 0 Å². The van der Waals surface area contributed by atoms with Crippen molar-refractivity contribution in [2.24, 2.45) is 0 Å². The topological polar surface area (TPSA) is 33.1 Å². The highest BCUT2D eigenvalue weighted by atomic mass is 32.1. The standard InChI is InChI=1S/C24H25FN4S/c25-18-11-4-5-13-20(18)28-16-8-14-21(28)23-22(19-12-6-7-15-26-19)27-24(30)29(23)17-9-2-1-3-10-17/h4-8,11-17,22-23H,1-3,9-10H2,(H,27,30). The van der Waals surface area contributed by atoms with Crippen LogP contribution in [0.25, 0.3) is 5.69 Å². The molecule has 2 fully saturated rings. The highest BCUT2D eigenvalue weighted by molar-refractivity contribution is 7.80. The Hall–Kier alpha value is -2.73. The molecule has 1 saturated carbocycles. The van der Waals surface area contributed by atoms with Gasteiger partial charge < -0.3 is 14.8 Å². The van der Waals surface area contributed by atoms with Gasteiger partial charge in [0.15, 0.2) is 5.11 Å². The fraction of sp³-hybridized carbons (Fsp3) is 0.333. The SMILES string of the molecule is Fc1ccccc1-n1cccc1C1C(c2ccccn2)NC(=S)N1C1CCCCC1. The van der Waals surface area contributed by atoms with Crippen molar-refractivity contribution in [1.29, 1.82) is 0 Å². The lowest BCUT2D eigenvalue weighted by Gasteiger charge is -2.37. The van der Waals surface area contributed by atoms with E-state index in [2.05, 4.69) is 21.3 Å². The van der Waals surface area contributed by atoms with Gasteiger partial charge in [0.25, 0.3) is 0 Å². The van der Waals surface area contributed by atoms with Crippen LogP contribution in [0.3, 0.4) is 0 Å². The lowest BCUT2D eigenvalue weighted by molar-refractivity contribution is 0.193. The molecular formula is C24H25FN4S. The minimum Gasteiger partial charge on any atom is -0.352 e. The molecule has 5 rings (SSSR count). The summed E-state index contributed by atoms with van der Waals surface area (Å²) >= 11 is 5.84. The van der Waals surface area contributed by atoms with E-state index < -0.39 is 0 Å². The van der Waals surface area contributed by atoms with E-state index in [9.17, 15) is 4.39 Å². The highest BCUT2D eigenvalue weighted by Crippen LogP contribution is 2.43. The number of nitrogens with zero attached hydrogens (tertiary/aromatic N) is 3. The van der Waals surface area contributed by atoms with E-state index in [0.29, 0.717) is 11.7 Å². The maximum atomic E-state index is 14.7. The minimum atomic E-state index is -0.234. The summed E-state index contributed by atoms with van der Waals surface area (Å²) in [7, 11) is 0. The Morgan fingerprint density at radius 1 is 0.967 bits per heavy atom. The van der Waals surface area contributed by atoms with Crippen molar-refractivity contribution in [3.8, 4) is 5.69 Å². The first-order chi connectivity index (χ1) is 14.7. The Kier molecular flexibility index (Phi) is 5.25. The largest absolute Gasteiger partial charge is 0.352 e. The van der Waals surface area contributed by atoms with Crippen molar-refractivity contribution in [2.45, 2.75) is 50.2 Å². The molecule has 2 unspecified atom stereocenters. The zero-order chi connectivity index (χ0) is 20.5. The Morgan fingerprint density at radius 2 is 1.77 bits per heavy atom. The van der Waals surface area contributed by atoms with Crippen molar-refractivity contribution in [3.05, 3.63) is 84.2 Å². The molecule has 6 heteroatoms.